The third kappa shape index (κ3) is 2.36. The molecule has 8 heteroatoms. The molecule has 0 amide bonds. The quantitative estimate of drug-likeness (QED) is 0.711. The van der Waals surface area contributed by atoms with Gasteiger partial charge >= 0.3 is 5.97 Å². The van der Waals surface area contributed by atoms with Crippen molar-refractivity contribution in [2.24, 2.45) is 0 Å². The molecule has 2 heterocycles. The molecule has 0 aromatic carbocycles. The van der Waals surface area contributed by atoms with Crippen LogP contribution in [0.4, 0.5) is 0 Å². The van der Waals surface area contributed by atoms with Crippen molar-refractivity contribution in [1.82, 2.24) is 25.1 Å². The lowest BCUT2D eigenvalue weighted by atomic mass is 10.3. The van der Waals surface area contributed by atoms with Crippen LogP contribution in [0.1, 0.15) is 11.5 Å². The maximum absolute atomic E-state index is 10.4. The molecule has 78 valence electrons. The molecule has 2 aromatic heterocycles. The van der Waals surface area contributed by atoms with E-state index in [0.29, 0.717) is 18.1 Å². The molecule has 0 aliphatic rings. The topological polar surface area (TPSA) is 107 Å². The highest BCUT2D eigenvalue weighted by molar-refractivity contribution is 5.69. The van der Waals surface area contributed by atoms with E-state index >= 15 is 0 Å². The Morgan fingerprint density at radius 2 is 2.47 bits per heavy atom. The van der Waals surface area contributed by atoms with Gasteiger partial charge in [-0.25, -0.2) is 4.68 Å². The van der Waals surface area contributed by atoms with Crippen molar-refractivity contribution in [3.8, 4) is 0 Å². The molecule has 0 unspecified atom stereocenters. The zero-order chi connectivity index (χ0) is 10.7. The molecule has 2 rings (SSSR count). The molecule has 0 spiro atoms. The van der Waals surface area contributed by atoms with Crippen LogP contribution in [-0.2, 0) is 17.8 Å². The van der Waals surface area contributed by atoms with Crippen LogP contribution in [-0.4, -0.2) is 36.2 Å². The fourth-order valence-electron chi connectivity index (χ4n) is 1.06. The predicted molar refractivity (Wildman–Crippen MR) is 44.8 cm³/mol. The number of carboxylic acids is 1. The van der Waals surface area contributed by atoms with Crippen molar-refractivity contribution in [1.29, 1.82) is 0 Å². The standard InChI is InChI=1S/C7H7N5O3/c13-7(14)1-5-2-12(11-9-5)3-6-8-4-15-10-6/h2,4H,1,3H2,(H,13,14). The van der Waals surface area contributed by atoms with Gasteiger partial charge in [-0.05, 0) is 0 Å². The molecule has 0 saturated carbocycles. The second-order valence-corrected chi connectivity index (χ2v) is 2.83. The molecule has 0 radical (unpaired) electrons. The number of aliphatic carboxylic acids is 1. The molecule has 1 N–H and O–H groups in total. The zero-order valence-electron chi connectivity index (χ0n) is 7.57. The summed E-state index contributed by atoms with van der Waals surface area (Å²) in [5.74, 6) is -0.483. The maximum atomic E-state index is 10.4. The van der Waals surface area contributed by atoms with Gasteiger partial charge in [0.2, 0.25) is 6.39 Å². The SMILES string of the molecule is O=C(O)Cc1cn(Cc2ncon2)nn1. The van der Waals surface area contributed by atoms with Gasteiger partial charge in [0.25, 0.3) is 0 Å². The fraction of sp³-hybridized carbons (Fsp3) is 0.286. The van der Waals surface area contributed by atoms with Gasteiger partial charge in [0, 0.05) is 6.20 Å². The Morgan fingerprint density at radius 1 is 1.60 bits per heavy atom. The first kappa shape index (κ1) is 9.31. The van der Waals surface area contributed by atoms with Crippen molar-refractivity contribution in [2.75, 3.05) is 0 Å². The summed E-state index contributed by atoms with van der Waals surface area (Å²) in [6.07, 6.45) is 2.60. The van der Waals surface area contributed by atoms with E-state index in [1.165, 1.54) is 17.3 Å². The number of carbonyl (C=O) groups is 1. The van der Waals surface area contributed by atoms with Crippen molar-refractivity contribution in [3.05, 3.63) is 24.1 Å². The Morgan fingerprint density at radius 3 is 3.13 bits per heavy atom. The second-order valence-electron chi connectivity index (χ2n) is 2.83. The van der Waals surface area contributed by atoms with Gasteiger partial charge < -0.3 is 9.63 Å². The summed E-state index contributed by atoms with van der Waals surface area (Å²) in [5.41, 5.74) is 0.394. The highest BCUT2D eigenvalue weighted by Gasteiger charge is 2.07. The predicted octanol–water partition coefficient (Wildman–Crippen LogP) is -0.663. The van der Waals surface area contributed by atoms with E-state index in [2.05, 4.69) is 25.0 Å². The lowest BCUT2D eigenvalue weighted by Gasteiger charge is -1.91. The summed E-state index contributed by atoms with van der Waals surface area (Å²) in [6.45, 7) is 0.309. The summed E-state index contributed by atoms with van der Waals surface area (Å²) in [7, 11) is 0. The summed E-state index contributed by atoms with van der Waals surface area (Å²) in [4.78, 5) is 14.2. The lowest BCUT2D eigenvalue weighted by Crippen LogP contribution is -2.02. The van der Waals surface area contributed by atoms with Gasteiger partial charge in [-0.3, -0.25) is 4.79 Å². The van der Waals surface area contributed by atoms with Crippen LogP contribution in [0.2, 0.25) is 0 Å². The Kier molecular flexibility index (Phi) is 2.40. The maximum Gasteiger partial charge on any atom is 0.309 e. The molecule has 8 nitrogen and oxygen atoms in total. The van der Waals surface area contributed by atoms with Crippen LogP contribution < -0.4 is 0 Å². The largest absolute Gasteiger partial charge is 0.481 e. The molecular weight excluding hydrogens is 202 g/mol. The Bertz CT molecular complexity index is 449. The first-order chi connectivity index (χ1) is 7.24. The van der Waals surface area contributed by atoms with E-state index in [-0.39, 0.29) is 6.42 Å². The molecule has 15 heavy (non-hydrogen) atoms. The minimum atomic E-state index is -0.943. The average molecular weight is 209 g/mol. The summed E-state index contributed by atoms with van der Waals surface area (Å²) in [6, 6.07) is 0. The van der Waals surface area contributed by atoms with E-state index in [9.17, 15) is 4.79 Å². The van der Waals surface area contributed by atoms with Crippen LogP contribution in [0.15, 0.2) is 17.1 Å². The number of hydrogen-bond acceptors (Lipinski definition) is 6. The number of nitrogens with zero attached hydrogens (tertiary/aromatic N) is 5. The van der Waals surface area contributed by atoms with E-state index in [1.807, 2.05) is 0 Å². The van der Waals surface area contributed by atoms with Gasteiger partial charge in [-0.2, -0.15) is 4.98 Å². The van der Waals surface area contributed by atoms with Crippen LogP contribution in [0.25, 0.3) is 0 Å². The van der Waals surface area contributed by atoms with E-state index in [4.69, 9.17) is 5.11 Å². The molecule has 0 aliphatic heterocycles. The summed E-state index contributed by atoms with van der Waals surface area (Å²) in [5, 5.41) is 19.5. The van der Waals surface area contributed by atoms with Crippen molar-refractivity contribution < 1.29 is 14.4 Å². The van der Waals surface area contributed by atoms with E-state index in [1.54, 1.807) is 0 Å². The second kappa shape index (κ2) is 3.86. The third-order valence-corrected chi connectivity index (χ3v) is 1.63. The number of carboxylic acid groups (broad SMARTS) is 1. The zero-order valence-corrected chi connectivity index (χ0v) is 7.57. The number of rotatable bonds is 4. The van der Waals surface area contributed by atoms with Crippen LogP contribution in [0.5, 0.6) is 0 Å². The molecular formula is C7H7N5O3. The van der Waals surface area contributed by atoms with Gasteiger partial charge in [-0.1, -0.05) is 10.4 Å². The molecule has 0 bridgehead atoms. The van der Waals surface area contributed by atoms with E-state index < -0.39 is 5.97 Å². The van der Waals surface area contributed by atoms with Gasteiger partial charge in [0.05, 0.1) is 12.1 Å². The monoisotopic (exact) mass is 209 g/mol. The minimum Gasteiger partial charge on any atom is -0.481 e. The Labute approximate surface area is 83.5 Å². The van der Waals surface area contributed by atoms with Crippen molar-refractivity contribution in [2.45, 2.75) is 13.0 Å². The molecule has 0 aliphatic carbocycles. The first-order valence-electron chi connectivity index (χ1n) is 4.10. The molecule has 0 saturated heterocycles. The Hall–Kier alpha value is -2.25. The van der Waals surface area contributed by atoms with Crippen molar-refractivity contribution in [3.63, 3.8) is 0 Å². The average Bonchev–Trinajstić information content (AvgIpc) is 2.77. The molecule has 2 aromatic rings. The smallest absolute Gasteiger partial charge is 0.309 e. The van der Waals surface area contributed by atoms with Crippen molar-refractivity contribution >= 4 is 5.97 Å². The van der Waals surface area contributed by atoms with Crippen LogP contribution in [0, 0.1) is 0 Å². The van der Waals surface area contributed by atoms with E-state index in [0.717, 1.165) is 0 Å². The number of hydrogen-bond donors (Lipinski definition) is 1. The van der Waals surface area contributed by atoms with Gasteiger partial charge in [-0.15, -0.1) is 5.10 Å². The fourth-order valence-corrected chi connectivity index (χ4v) is 1.06. The third-order valence-electron chi connectivity index (χ3n) is 1.63. The number of aromatic nitrogens is 5. The Balaban J connectivity index is 2.04. The highest BCUT2D eigenvalue weighted by Crippen LogP contribution is 1.97. The summed E-state index contributed by atoms with van der Waals surface area (Å²) < 4.78 is 5.99. The lowest BCUT2D eigenvalue weighted by molar-refractivity contribution is -0.136. The molecule has 0 atom stereocenters. The normalized spacial score (nSPS) is 10.4. The van der Waals surface area contributed by atoms with Gasteiger partial charge in [0.1, 0.15) is 6.54 Å². The first-order valence-corrected chi connectivity index (χ1v) is 4.10. The highest BCUT2D eigenvalue weighted by atomic mass is 16.5. The van der Waals surface area contributed by atoms with Crippen LogP contribution in [0.3, 0.4) is 0 Å². The molecule has 0 fully saturated rings. The van der Waals surface area contributed by atoms with Crippen LogP contribution >= 0.6 is 0 Å². The van der Waals surface area contributed by atoms with Gasteiger partial charge in [0.15, 0.2) is 5.82 Å². The summed E-state index contributed by atoms with van der Waals surface area (Å²) >= 11 is 0. The minimum absolute atomic E-state index is 0.147.